The third-order valence-electron chi connectivity index (χ3n) is 3.15. The molecule has 1 N–H and O–H groups in total. The van der Waals surface area contributed by atoms with Gasteiger partial charge in [0.2, 0.25) is 0 Å². The number of halogens is 2. The second-order valence-electron chi connectivity index (χ2n) is 4.54. The number of carboxylic acid groups (broad SMARTS) is 1. The summed E-state index contributed by atoms with van der Waals surface area (Å²) in [6.07, 6.45) is 1.76. The van der Waals surface area contributed by atoms with Crippen LogP contribution in [0.25, 0.3) is 0 Å². The fourth-order valence-corrected chi connectivity index (χ4v) is 2.55. The van der Waals surface area contributed by atoms with Crippen molar-refractivity contribution in [2.75, 3.05) is 0 Å². The Morgan fingerprint density at radius 1 is 1.35 bits per heavy atom. The first kappa shape index (κ1) is 14.8. The molecule has 1 atom stereocenters. The van der Waals surface area contributed by atoms with Crippen LogP contribution in [0.2, 0.25) is 10.0 Å². The average molecular weight is 310 g/mol. The quantitative estimate of drug-likeness (QED) is 0.924. The molecule has 0 saturated heterocycles. The highest BCUT2D eigenvalue weighted by molar-refractivity contribution is 6.34. The van der Waals surface area contributed by atoms with E-state index in [-0.39, 0.29) is 5.02 Å². The van der Waals surface area contributed by atoms with Crippen molar-refractivity contribution in [3.05, 3.63) is 63.4 Å². The highest BCUT2D eigenvalue weighted by atomic mass is 35.5. The molecule has 1 heterocycles. The lowest BCUT2D eigenvalue weighted by Gasteiger charge is -2.15. The van der Waals surface area contributed by atoms with Crippen molar-refractivity contribution in [1.29, 1.82) is 0 Å². The Balaban J connectivity index is 2.37. The number of benzene rings is 1. The minimum atomic E-state index is -0.954. The van der Waals surface area contributed by atoms with E-state index in [2.05, 4.69) is 4.98 Å². The molecule has 0 spiro atoms. The Labute approximate surface area is 127 Å². The van der Waals surface area contributed by atoms with Gasteiger partial charge in [0.15, 0.2) is 0 Å². The van der Waals surface area contributed by atoms with Crippen molar-refractivity contribution < 1.29 is 9.90 Å². The number of hydrogen-bond donors (Lipinski definition) is 1. The van der Waals surface area contributed by atoms with Crippen LogP contribution in [0.15, 0.2) is 36.5 Å². The third-order valence-corrected chi connectivity index (χ3v) is 3.66. The zero-order chi connectivity index (χ0) is 14.7. The lowest BCUT2D eigenvalue weighted by molar-refractivity contribution is -0.138. The molecule has 0 aliphatic heterocycles. The molecule has 20 heavy (non-hydrogen) atoms. The van der Waals surface area contributed by atoms with E-state index in [9.17, 15) is 9.90 Å². The molecule has 0 fully saturated rings. The Morgan fingerprint density at radius 2 is 2.05 bits per heavy atom. The van der Waals surface area contributed by atoms with E-state index in [1.165, 1.54) is 12.3 Å². The van der Waals surface area contributed by atoms with Gasteiger partial charge in [-0.2, -0.15) is 0 Å². The molecule has 2 aromatic rings. The van der Waals surface area contributed by atoms with Gasteiger partial charge in [-0.15, -0.1) is 0 Å². The predicted octanol–water partition coefficient (Wildman–Crippen LogP) is 4.11. The number of aliphatic carboxylic acids is 1. The maximum absolute atomic E-state index is 11.5. The van der Waals surface area contributed by atoms with E-state index in [4.69, 9.17) is 23.2 Å². The Morgan fingerprint density at radius 3 is 2.65 bits per heavy atom. The zero-order valence-corrected chi connectivity index (χ0v) is 12.3. The zero-order valence-electron chi connectivity index (χ0n) is 10.8. The lowest BCUT2D eigenvalue weighted by atomic mass is 9.93. The molecular weight excluding hydrogens is 297 g/mol. The molecule has 1 unspecified atom stereocenters. The summed E-state index contributed by atoms with van der Waals surface area (Å²) >= 11 is 11.9. The largest absolute Gasteiger partial charge is 0.481 e. The smallest absolute Gasteiger partial charge is 0.312 e. The van der Waals surface area contributed by atoms with Crippen LogP contribution >= 0.6 is 23.2 Å². The van der Waals surface area contributed by atoms with Gasteiger partial charge in [0.1, 0.15) is 5.92 Å². The number of aromatic nitrogens is 1. The maximum Gasteiger partial charge on any atom is 0.312 e. The maximum atomic E-state index is 11.5. The second-order valence-corrected chi connectivity index (χ2v) is 5.39. The topological polar surface area (TPSA) is 50.2 Å². The van der Waals surface area contributed by atoms with Crippen molar-refractivity contribution in [3.8, 4) is 0 Å². The van der Waals surface area contributed by atoms with E-state index in [1.54, 1.807) is 0 Å². The van der Waals surface area contributed by atoms with Crippen molar-refractivity contribution in [1.82, 2.24) is 4.98 Å². The number of hydrogen-bond acceptors (Lipinski definition) is 2. The van der Waals surface area contributed by atoms with Crippen LogP contribution in [-0.2, 0) is 11.2 Å². The van der Waals surface area contributed by atoms with Crippen molar-refractivity contribution >= 4 is 29.2 Å². The normalized spacial score (nSPS) is 12.2. The first-order chi connectivity index (χ1) is 9.49. The highest BCUT2D eigenvalue weighted by Gasteiger charge is 2.25. The summed E-state index contributed by atoms with van der Waals surface area (Å²) in [4.78, 5) is 15.6. The van der Waals surface area contributed by atoms with E-state index >= 15 is 0 Å². The minimum Gasteiger partial charge on any atom is -0.481 e. The summed E-state index contributed by atoms with van der Waals surface area (Å²) in [5.41, 5.74) is 2.35. The van der Waals surface area contributed by atoms with E-state index in [0.717, 1.165) is 11.1 Å². The number of pyridine rings is 1. The van der Waals surface area contributed by atoms with E-state index < -0.39 is 11.9 Å². The van der Waals surface area contributed by atoms with Crippen LogP contribution in [-0.4, -0.2) is 16.1 Å². The van der Waals surface area contributed by atoms with Crippen molar-refractivity contribution in [2.24, 2.45) is 0 Å². The second kappa shape index (κ2) is 6.25. The van der Waals surface area contributed by atoms with Gasteiger partial charge in [-0.3, -0.25) is 9.78 Å². The van der Waals surface area contributed by atoms with Crippen LogP contribution in [0.3, 0.4) is 0 Å². The van der Waals surface area contributed by atoms with Gasteiger partial charge >= 0.3 is 5.97 Å². The summed E-state index contributed by atoms with van der Waals surface area (Å²) < 4.78 is 0. The molecule has 5 heteroatoms. The van der Waals surface area contributed by atoms with Crippen LogP contribution in [0, 0.1) is 6.92 Å². The Bertz CT molecular complexity index is 644. The van der Waals surface area contributed by atoms with Gasteiger partial charge in [-0.05, 0) is 30.5 Å². The van der Waals surface area contributed by atoms with Gasteiger partial charge in [0.05, 0.1) is 15.7 Å². The number of carbonyl (C=O) groups is 1. The van der Waals surface area contributed by atoms with Crippen LogP contribution < -0.4 is 0 Å². The molecule has 0 bridgehead atoms. The Kier molecular flexibility index (Phi) is 4.63. The number of aryl methyl sites for hydroxylation is 1. The minimum absolute atomic E-state index is 0.276. The van der Waals surface area contributed by atoms with Crippen LogP contribution in [0.5, 0.6) is 0 Å². The molecule has 1 aromatic carbocycles. The number of nitrogens with zero attached hydrogens (tertiary/aromatic N) is 1. The first-order valence-corrected chi connectivity index (χ1v) is 6.83. The standard InChI is InChI=1S/C15H13Cl2NO2/c1-9-4-2-3-5-10(9)6-12(15(19)20)14-13(17)7-11(16)8-18-14/h2-5,7-8,12H,6H2,1H3,(H,19,20). The molecule has 0 amide bonds. The average Bonchev–Trinajstić information content (AvgIpc) is 2.38. The Hall–Kier alpha value is -1.58. The molecule has 2 rings (SSSR count). The number of rotatable bonds is 4. The van der Waals surface area contributed by atoms with Gasteiger partial charge < -0.3 is 5.11 Å². The molecule has 0 radical (unpaired) electrons. The van der Waals surface area contributed by atoms with Crippen LogP contribution in [0.1, 0.15) is 22.7 Å². The van der Waals surface area contributed by atoms with Gasteiger partial charge in [-0.25, -0.2) is 0 Å². The molecule has 3 nitrogen and oxygen atoms in total. The number of carboxylic acids is 1. The first-order valence-electron chi connectivity index (χ1n) is 6.07. The molecule has 0 saturated carbocycles. The monoisotopic (exact) mass is 309 g/mol. The predicted molar refractivity (Wildman–Crippen MR) is 79.5 cm³/mol. The van der Waals surface area contributed by atoms with Crippen LogP contribution in [0.4, 0.5) is 0 Å². The molecule has 104 valence electrons. The lowest BCUT2D eigenvalue weighted by Crippen LogP contribution is -2.17. The third kappa shape index (κ3) is 3.30. The van der Waals surface area contributed by atoms with Crippen molar-refractivity contribution in [3.63, 3.8) is 0 Å². The van der Waals surface area contributed by atoms with Gasteiger partial charge in [0.25, 0.3) is 0 Å². The van der Waals surface area contributed by atoms with Crippen molar-refractivity contribution in [2.45, 2.75) is 19.3 Å². The highest BCUT2D eigenvalue weighted by Crippen LogP contribution is 2.28. The molecule has 0 aliphatic carbocycles. The van der Waals surface area contributed by atoms with Gasteiger partial charge in [0, 0.05) is 6.20 Å². The SMILES string of the molecule is Cc1ccccc1CC(C(=O)O)c1ncc(Cl)cc1Cl. The van der Waals surface area contributed by atoms with E-state index in [1.807, 2.05) is 31.2 Å². The summed E-state index contributed by atoms with van der Waals surface area (Å²) in [6, 6.07) is 9.18. The van der Waals surface area contributed by atoms with Gasteiger partial charge in [-0.1, -0.05) is 47.5 Å². The summed E-state index contributed by atoms with van der Waals surface area (Å²) in [5.74, 6) is -1.74. The molecule has 0 aliphatic rings. The summed E-state index contributed by atoms with van der Waals surface area (Å²) in [6.45, 7) is 1.95. The molecule has 1 aromatic heterocycles. The molecular formula is C15H13Cl2NO2. The fraction of sp³-hybridized carbons (Fsp3) is 0.200. The summed E-state index contributed by atoms with van der Waals surface area (Å²) in [5, 5.41) is 10.1. The fourth-order valence-electron chi connectivity index (χ4n) is 2.04. The van der Waals surface area contributed by atoms with E-state index in [0.29, 0.717) is 17.1 Å². The summed E-state index contributed by atoms with van der Waals surface area (Å²) in [7, 11) is 0.